The molecule has 0 aromatic rings. The van der Waals surface area contributed by atoms with Crippen molar-refractivity contribution in [2.24, 2.45) is 0 Å². The molecule has 0 bridgehead atoms. The molecule has 0 unspecified atom stereocenters. The summed E-state index contributed by atoms with van der Waals surface area (Å²) in [6, 6.07) is 0. The molecule has 0 amide bonds. The molecular formula is C11H18BNO8. The zero-order valence-electron chi connectivity index (χ0n) is 11.6. The Bertz CT molecular complexity index is 340. The van der Waals surface area contributed by atoms with Gasteiger partial charge < -0.3 is 20.1 Å². The normalized spacial score (nSPS) is 19.8. The molecule has 10 heteroatoms. The molecule has 1 rings (SSSR count). The quantitative estimate of drug-likeness (QED) is 0.536. The van der Waals surface area contributed by atoms with Crippen LogP contribution < -0.4 is 5.32 Å². The Hall–Kier alpha value is -1.83. The number of carboxylic acid groups (broad SMARTS) is 1. The second-order valence-electron chi connectivity index (χ2n) is 4.05. The smallest absolute Gasteiger partial charge is 0.472 e. The van der Waals surface area contributed by atoms with E-state index in [0.29, 0.717) is 6.42 Å². The van der Waals surface area contributed by atoms with Crippen LogP contribution in [-0.2, 0) is 28.6 Å². The van der Waals surface area contributed by atoms with E-state index in [-0.39, 0.29) is 30.8 Å². The van der Waals surface area contributed by atoms with Gasteiger partial charge in [-0.25, -0.2) is 0 Å². The fourth-order valence-corrected chi connectivity index (χ4v) is 1.75. The lowest BCUT2D eigenvalue weighted by Crippen LogP contribution is -2.51. The molecule has 9 nitrogen and oxygen atoms in total. The SMILES string of the molecule is CCCN[C@H]1CC[C@@H](CC(=O)O)OB1O.O=C=O.O=C=O. The van der Waals surface area contributed by atoms with Gasteiger partial charge in [-0.2, -0.15) is 19.2 Å². The highest BCUT2D eigenvalue weighted by atomic mass is 16.5. The van der Waals surface area contributed by atoms with Gasteiger partial charge in [-0.1, -0.05) is 6.92 Å². The first kappa shape index (κ1) is 21.5. The lowest BCUT2D eigenvalue weighted by Gasteiger charge is -2.30. The standard InChI is InChI=1S/C9H18BNO4.2CO2/c1-2-5-11-8-4-3-7(6-9(12)13)15-10(8)14;2*2-1-3/h7-8,11,14H,2-6H2,1H3,(H,12,13);;/t7-,8-;;/m0../s1. The highest BCUT2D eigenvalue weighted by Crippen LogP contribution is 2.18. The van der Waals surface area contributed by atoms with Crippen molar-refractivity contribution in [3.05, 3.63) is 0 Å². The highest BCUT2D eigenvalue weighted by molar-refractivity contribution is 6.45. The third kappa shape index (κ3) is 12.9. The van der Waals surface area contributed by atoms with E-state index in [1.165, 1.54) is 0 Å². The van der Waals surface area contributed by atoms with Crippen molar-refractivity contribution in [1.29, 1.82) is 0 Å². The number of aliphatic carboxylic acids is 1. The van der Waals surface area contributed by atoms with Crippen LogP contribution in [0.3, 0.4) is 0 Å². The number of carboxylic acids is 1. The lowest BCUT2D eigenvalue weighted by atomic mass is 9.72. The molecule has 1 aliphatic heterocycles. The van der Waals surface area contributed by atoms with Crippen LogP contribution in [0.2, 0.25) is 0 Å². The van der Waals surface area contributed by atoms with Crippen LogP contribution in [0.15, 0.2) is 0 Å². The average molecular weight is 303 g/mol. The van der Waals surface area contributed by atoms with Gasteiger partial charge in [-0.15, -0.1) is 0 Å². The van der Waals surface area contributed by atoms with E-state index in [1.807, 2.05) is 0 Å². The van der Waals surface area contributed by atoms with E-state index in [1.54, 1.807) is 0 Å². The van der Waals surface area contributed by atoms with E-state index in [0.717, 1.165) is 19.4 Å². The van der Waals surface area contributed by atoms with Crippen molar-refractivity contribution >= 4 is 25.4 Å². The maximum absolute atomic E-state index is 10.5. The summed E-state index contributed by atoms with van der Waals surface area (Å²) in [4.78, 5) is 43.0. The second-order valence-corrected chi connectivity index (χ2v) is 4.05. The van der Waals surface area contributed by atoms with Gasteiger partial charge in [0.1, 0.15) is 0 Å². The molecule has 0 radical (unpaired) electrons. The van der Waals surface area contributed by atoms with E-state index in [4.69, 9.17) is 28.9 Å². The predicted molar refractivity (Wildman–Crippen MR) is 66.4 cm³/mol. The molecule has 118 valence electrons. The van der Waals surface area contributed by atoms with Crippen molar-refractivity contribution in [2.75, 3.05) is 6.54 Å². The Balaban J connectivity index is 0. The largest absolute Gasteiger partial charge is 0.481 e. The van der Waals surface area contributed by atoms with Crippen LogP contribution in [0.5, 0.6) is 0 Å². The summed E-state index contributed by atoms with van der Waals surface area (Å²) in [6.45, 7) is 2.89. The lowest BCUT2D eigenvalue weighted by molar-refractivity contribution is -0.193. The van der Waals surface area contributed by atoms with Crippen molar-refractivity contribution < 1.29 is 38.8 Å². The second kappa shape index (κ2) is 14.6. The van der Waals surface area contributed by atoms with E-state index in [9.17, 15) is 9.82 Å². The fraction of sp³-hybridized carbons (Fsp3) is 0.727. The van der Waals surface area contributed by atoms with Crippen LogP contribution in [0.25, 0.3) is 0 Å². The molecule has 0 aromatic heterocycles. The molecule has 0 aromatic carbocycles. The summed E-state index contributed by atoms with van der Waals surface area (Å²) in [7, 11) is -0.880. The first-order chi connectivity index (χ1) is 9.96. The molecule has 2 atom stereocenters. The van der Waals surface area contributed by atoms with Gasteiger partial charge in [0.15, 0.2) is 0 Å². The number of hydrogen-bond donors (Lipinski definition) is 3. The van der Waals surface area contributed by atoms with Crippen LogP contribution in [0, 0.1) is 0 Å². The van der Waals surface area contributed by atoms with Gasteiger partial charge in [0, 0.05) is 5.94 Å². The Morgan fingerprint density at radius 1 is 1.29 bits per heavy atom. The molecule has 1 saturated heterocycles. The summed E-state index contributed by atoms with van der Waals surface area (Å²) in [5.74, 6) is -0.942. The number of carbonyl (C=O) groups is 1. The number of hydrogen-bond acceptors (Lipinski definition) is 8. The van der Waals surface area contributed by atoms with Crippen LogP contribution >= 0.6 is 0 Å². The summed E-state index contributed by atoms with van der Waals surface area (Å²) < 4.78 is 5.22. The third-order valence-electron chi connectivity index (χ3n) is 2.53. The van der Waals surface area contributed by atoms with E-state index in [2.05, 4.69) is 12.2 Å². The molecular weight excluding hydrogens is 285 g/mol. The molecule has 1 aliphatic rings. The zero-order chi connectivity index (χ0) is 16.7. The van der Waals surface area contributed by atoms with Crippen LogP contribution in [0.1, 0.15) is 32.6 Å². The average Bonchev–Trinajstić information content (AvgIpc) is 2.39. The van der Waals surface area contributed by atoms with E-state index < -0.39 is 13.1 Å². The van der Waals surface area contributed by atoms with Gasteiger partial charge >= 0.3 is 25.4 Å². The van der Waals surface area contributed by atoms with Crippen molar-refractivity contribution in [3.63, 3.8) is 0 Å². The fourth-order valence-electron chi connectivity index (χ4n) is 1.75. The Kier molecular flexibility index (Phi) is 14.9. The summed E-state index contributed by atoms with van der Waals surface area (Å²) in [6.07, 6.45) is 2.57. The maximum Gasteiger partial charge on any atom is 0.472 e. The summed E-state index contributed by atoms with van der Waals surface area (Å²) in [5, 5.41) is 21.4. The molecule has 0 aliphatic carbocycles. The van der Waals surface area contributed by atoms with Gasteiger partial charge in [-0.3, -0.25) is 4.79 Å². The van der Waals surface area contributed by atoms with Gasteiger partial charge in [0.05, 0.1) is 12.5 Å². The number of nitrogens with one attached hydrogen (secondary N) is 1. The highest BCUT2D eigenvalue weighted by Gasteiger charge is 2.35. The molecule has 1 heterocycles. The molecule has 0 spiro atoms. The Labute approximate surface area is 121 Å². The monoisotopic (exact) mass is 303 g/mol. The summed E-state index contributed by atoms with van der Waals surface area (Å²) in [5.41, 5.74) is 0. The maximum atomic E-state index is 10.5. The minimum atomic E-state index is -0.882. The van der Waals surface area contributed by atoms with Crippen molar-refractivity contribution in [1.82, 2.24) is 5.32 Å². The van der Waals surface area contributed by atoms with Gasteiger partial charge in [-0.05, 0) is 25.8 Å². The Morgan fingerprint density at radius 2 is 1.81 bits per heavy atom. The first-order valence-corrected chi connectivity index (χ1v) is 6.23. The minimum Gasteiger partial charge on any atom is -0.481 e. The first-order valence-electron chi connectivity index (χ1n) is 6.23. The molecule has 1 fully saturated rings. The predicted octanol–water partition coefficient (Wildman–Crippen LogP) is -1.14. The zero-order valence-corrected chi connectivity index (χ0v) is 11.6. The molecule has 3 N–H and O–H groups in total. The summed E-state index contributed by atoms with van der Waals surface area (Å²) >= 11 is 0. The minimum absolute atomic E-state index is 0.0302. The number of carbonyl (C=O) groups excluding carboxylic acids is 4. The van der Waals surface area contributed by atoms with E-state index >= 15 is 0 Å². The number of rotatable bonds is 5. The van der Waals surface area contributed by atoms with Crippen LogP contribution in [0.4, 0.5) is 0 Å². The molecule has 21 heavy (non-hydrogen) atoms. The molecule has 0 saturated carbocycles. The van der Waals surface area contributed by atoms with Crippen molar-refractivity contribution in [3.8, 4) is 0 Å². The van der Waals surface area contributed by atoms with Gasteiger partial charge in [0.25, 0.3) is 0 Å². The third-order valence-corrected chi connectivity index (χ3v) is 2.53. The van der Waals surface area contributed by atoms with Crippen molar-refractivity contribution in [2.45, 2.75) is 44.7 Å². The van der Waals surface area contributed by atoms with Gasteiger partial charge in [0.2, 0.25) is 0 Å². The Morgan fingerprint density at radius 3 is 2.19 bits per heavy atom. The topological polar surface area (TPSA) is 147 Å². The van der Waals surface area contributed by atoms with Crippen LogP contribution in [-0.4, -0.2) is 54.1 Å².